The summed E-state index contributed by atoms with van der Waals surface area (Å²) in [5.74, 6) is 3.23. The van der Waals surface area contributed by atoms with Gasteiger partial charge in [-0.2, -0.15) is 0 Å². The molecule has 0 spiro atoms. The highest BCUT2D eigenvalue weighted by Gasteiger charge is 2.32. The Bertz CT molecular complexity index is 1120. The zero-order chi connectivity index (χ0) is 24.1. The van der Waals surface area contributed by atoms with Crippen LogP contribution in [0, 0.1) is 23.7 Å². The molecule has 0 radical (unpaired) electrons. The molecule has 8 nitrogen and oxygen atoms in total. The van der Waals surface area contributed by atoms with E-state index < -0.39 is 0 Å². The Balaban J connectivity index is 1.42. The normalized spacial score (nSPS) is 20.1. The van der Waals surface area contributed by atoms with E-state index in [2.05, 4.69) is 52.3 Å². The molecular formula is C26H31N5O3. The number of allylic oxidation sites excluding steroid dienone is 1. The van der Waals surface area contributed by atoms with E-state index >= 15 is 0 Å². The number of carbonyl (C=O) groups excluding carboxylic acids is 1. The fourth-order valence-corrected chi connectivity index (χ4v) is 4.62. The number of hydrogen-bond acceptors (Lipinski definition) is 7. The fraction of sp³-hybridized carbons (Fsp3) is 0.423. The van der Waals surface area contributed by atoms with Gasteiger partial charge in [0, 0.05) is 30.9 Å². The van der Waals surface area contributed by atoms with Gasteiger partial charge < -0.3 is 14.5 Å². The second-order valence-electron chi connectivity index (χ2n) is 9.15. The van der Waals surface area contributed by atoms with Gasteiger partial charge in [0.1, 0.15) is 11.4 Å². The smallest absolute Gasteiger partial charge is 0.271 e. The van der Waals surface area contributed by atoms with Gasteiger partial charge in [0.05, 0.1) is 13.3 Å². The first-order chi connectivity index (χ1) is 16.4. The molecule has 178 valence electrons. The summed E-state index contributed by atoms with van der Waals surface area (Å²) < 4.78 is 11.2. The van der Waals surface area contributed by atoms with Crippen molar-refractivity contribution < 1.29 is 13.9 Å². The monoisotopic (exact) mass is 461 g/mol. The van der Waals surface area contributed by atoms with Crippen LogP contribution in [0.25, 0.3) is 11.5 Å². The van der Waals surface area contributed by atoms with E-state index in [0.717, 1.165) is 17.7 Å². The zero-order valence-corrected chi connectivity index (χ0v) is 20.1. The number of hydrogen-bond donors (Lipinski definition) is 1. The van der Waals surface area contributed by atoms with Crippen molar-refractivity contribution in [2.24, 2.45) is 23.7 Å². The Labute approximate surface area is 199 Å². The molecule has 2 heterocycles. The highest BCUT2D eigenvalue weighted by Crippen LogP contribution is 2.39. The average molecular weight is 462 g/mol. The predicted molar refractivity (Wildman–Crippen MR) is 128 cm³/mol. The molecule has 34 heavy (non-hydrogen) atoms. The van der Waals surface area contributed by atoms with Crippen LogP contribution in [0.15, 0.2) is 58.9 Å². The molecule has 1 aliphatic rings. The van der Waals surface area contributed by atoms with Crippen molar-refractivity contribution in [1.82, 2.24) is 25.5 Å². The van der Waals surface area contributed by atoms with E-state index in [4.69, 9.17) is 9.15 Å². The van der Waals surface area contributed by atoms with Crippen molar-refractivity contribution in [3.63, 3.8) is 0 Å². The first-order valence-electron chi connectivity index (χ1n) is 11.6. The van der Waals surface area contributed by atoms with Crippen molar-refractivity contribution in [2.45, 2.75) is 33.6 Å². The zero-order valence-electron chi connectivity index (χ0n) is 20.1. The van der Waals surface area contributed by atoms with Crippen LogP contribution in [0.4, 0.5) is 0 Å². The van der Waals surface area contributed by atoms with Gasteiger partial charge in [0.25, 0.3) is 5.91 Å². The van der Waals surface area contributed by atoms with Gasteiger partial charge in [-0.05, 0) is 61.3 Å². The maximum atomic E-state index is 12.4. The van der Waals surface area contributed by atoms with Crippen LogP contribution in [-0.2, 0) is 6.42 Å². The highest BCUT2D eigenvalue weighted by atomic mass is 16.5. The van der Waals surface area contributed by atoms with E-state index in [-0.39, 0.29) is 11.8 Å². The van der Waals surface area contributed by atoms with Crippen LogP contribution in [-0.4, -0.2) is 39.7 Å². The number of aromatic nitrogens is 4. The molecule has 4 rings (SSSR count). The van der Waals surface area contributed by atoms with Gasteiger partial charge in [-0.3, -0.25) is 9.78 Å². The molecule has 3 aromatic rings. The molecular weight excluding hydrogens is 430 g/mol. The Hall–Kier alpha value is -3.55. The number of methoxy groups -OCH3 is 1. The Morgan fingerprint density at radius 3 is 2.68 bits per heavy atom. The van der Waals surface area contributed by atoms with E-state index in [9.17, 15) is 4.79 Å². The molecule has 3 unspecified atom stereocenters. The SMILES string of the molecule is COc1ccc(-c2nnc(CC3CC(C(C)C)C(CNC(=O)c4cnccn4)C=C3C)o2)cc1. The quantitative estimate of drug-likeness (QED) is 0.497. The van der Waals surface area contributed by atoms with Crippen LogP contribution in [0.3, 0.4) is 0 Å². The molecule has 1 aliphatic carbocycles. The molecule has 0 aliphatic heterocycles. The van der Waals surface area contributed by atoms with Crippen LogP contribution < -0.4 is 10.1 Å². The molecule has 1 N–H and O–H groups in total. The van der Waals surface area contributed by atoms with E-state index in [0.29, 0.717) is 48.2 Å². The molecule has 8 heteroatoms. The summed E-state index contributed by atoms with van der Waals surface area (Å²) in [5.41, 5.74) is 2.50. The van der Waals surface area contributed by atoms with Crippen molar-refractivity contribution in [1.29, 1.82) is 0 Å². The minimum Gasteiger partial charge on any atom is -0.497 e. The van der Waals surface area contributed by atoms with Crippen LogP contribution >= 0.6 is 0 Å². The number of nitrogens with zero attached hydrogens (tertiary/aromatic N) is 4. The lowest BCUT2D eigenvalue weighted by Gasteiger charge is -2.37. The molecule has 1 amide bonds. The molecule has 0 bridgehead atoms. The summed E-state index contributed by atoms with van der Waals surface area (Å²) in [5, 5.41) is 11.6. The maximum absolute atomic E-state index is 12.4. The summed E-state index contributed by atoms with van der Waals surface area (Å²) >= 11 is 0. The van der Waals surface area contributed by atoms with Gasteiger partial charge in [-0.15, -0.1) is 10.2 Å². The minimum absolute atomic E-state index is 0.194. The van der Waals surface area contributed by atoms with Crippen LogP contribution in [0.1, 0.15) is 43.6 Å². The largest absolute Gasteiger partial charge is 0.497 e. The summed E-state index contributed by atoms with van der Waals surface area (Å²) in [7, 11) is 1.64. The first-order valence-corrected chi connectivity index (χ1v) is 11.6. The van der Waals surface area contributed by atoms with Crippen LogP contribution in [0.2, 0.25) is 0 Å². The third kappa shape index (κ3) is 5.50. The molecule has 0 saturated heterocycles. The van der Waals surface area contributed by atoms with Crippen molar-refractivity contribution in [2.75, 3.05) is 13.7 Å². The average Bonchev–Trinajstić information content (AvgIpc) is 3.32. The lowest BCUT2D eigenvalue weighted by atomic mass is 9.70. The van der Waals surface area contributed by atoms with Gasteiger partial charge in [0.2, 0.25) is 11.8 Å². The third-order valence-electron chi connectivity index (χ3n) is 6.60. The lowest BCUT2D eigenvalue weighted by Crippen LogP contribution is -2.37. The third-order valence-corrected chi connectivity index (χ3v) is 6.60. The molecule has 0 saturated carbocycles. The number of amides is 1. The number of benzene rings is 1. The van der Waals surface area contributed by atoms with Gasteiger partial charge in [0.15, 0.2) is 0 Å². The molecule has 0 fully saturated rings. The topological polar surface area (TPSA) is 103 Å². The summed E-state index contributed by atoms with van der Waals surface area (Å²) in [6.45, 7) is 7.20. The minimum atomic E-state index is -0.194. The lowest BCUT2D eigenvalue weighted by molar-refractivity contribution is 0.0933. The summed E-state index contributed by atoms with van der Waals surface area (Å²) in [6.07, 6.45) is 8.58. The van der Waals surface area contributed by atoms with Crippen LogP contribution in [0.5, 0.6) is 5.75 Å². The van der Waals surface area contributed by atoms with E-state index in [1.807, 2.05) is 24.3 Å². The number of carbonyl (C=O) groups is 1. The Kier molecular flexibility index (Phi) is 7.35. The first kappa shape index (κ1) is 23.6. The number of ether oxygens (including phenoxy) is 1. The Morgan fingerprint density at radius 2 is 2.00 bits per heavy atom. The van der Waals surface area contributed by atoms with Crippen molar-refractivity contribution >= 4 is 5.91 Å². The highest BCUT2D eigenvalue weighted by molar-refractivity contribution is 5.91. The van der Waals surface area contributed by atoms with E-state index in [1.54, 1.807) is 13.3 Å². The predicted octanol–water partition coefficient (Wildman–Crippen LogP) is 4.36. The maximum Gasteiger partial charge on any atom is 0.271 e. The van der Waals surface area contributed by atoms with E-state index in [1.165, 1.54) is 18.0 Å². The number of rotatable bonds is 8. The summed E-state index contributed by atoms with van der Waals surface area (Å²) in [4.78, 5) is 20.5. The van der Waals surface area contributed by atoms with Crippen molar-refractivity contribution in [3.05, 3.63) is 66.1 Å². The standard InChI is InChI=1S/C26H31N5O3/c1-16(2)22-12-19(13-24-30-31-26(34-24)18-5-7-21(33-4)8-6-18)17(3)11-20(22)14-29-25(32)23-15-27-9-10-28-23/h5-11,15-16,19-20,22H,12-14H2,1-4H3,(H,29,32). The van der Waals surface area contributed by atoms with Gasteiger partial charge in [-0.1, -0.05) is 25.5 Å². The summed E-state index contributed by atoms with van der Waals surface area (Å²) in [6, 6.07) is 7.58. The number of nitrogens with one attached hydrogen (secondary N) is 1. The fourth-order valence-electron chi connectivity index (χ4n) is 4.62. The van der Waals surface area contributed by atoms with Crippen molar-refractivity contribution in [3.8, 4) is 17.2 Å². The second-order valence-corrected chi connectivity index (χ2v) is 9.15. The molecule has 1 aromatic carbocycles. The second kappa shape index (κ2) is 10.6. The molecule has 3 atom stereocenters. The van der Waals surface area contributed by atoms with Gasteiger partial charge >= 0.3 is 0 Å². The molecule has 2 aromatic heterocycles. The van der Waals surface area contributed by atoms with Gasteiger partial charge in [-0.25, -0.2) is 4.98 Å². The Morgan fingerprint density at radius 1 is 1.21 bits per heavy atom.